The molecule has 1 amide bonds. The lowest BCUT2D eigenvalue weighted by atomic mass is 10.2. The fraction of sp³-hybridized carbons (Fsp3) is 0.250. The van der Waals surface area contributed by atoms with Gasteiger partial charge in [0.15, 0.2) is 0 Å². The maximum atomic E-state index is 11.1. The van der Waals surface area contributed by atoms with Gasteiger partial charge in [-0.2, -0.15) is 0 Å². The summed E-state index contributed by atoms with van der Waals surface area (Å²) in [6.45, 7) is 7.65. The van der Waals surface area contributed by atoms with Gasteiger partial charge in [-0.25, -0.2) is 0 Å². The second-order valence-corrected chi connectivity index (χ2v) is 2.09. The van der Waals surface area contributed by atoms with Gasteiger partial charge in [0.1, 0.15) is 0 Å². The molecule has 0 unspecified atom stereocenters. The van der Waals surface area contributed by atoms with E-state index in [9.17, 15) is 4.79 Å². The van der Waals surface area contributed by atoms with E-state index in [1.807, 2.05) is 0 Å². The molecule has 0 aliphatic carbocycles. The Morgan fingerprint density at radius 2 is 2.27 bits per heavy atom. The van der Waals surface area contributed by atoms with Gasteiger partial charge < -0.3 is 4.90 Å². The first kappa shape index (κ1) is 9.66. The van der Waals surface area contributed by atoms with Crippen molar-refractivity contribution in [2.45, 2.75) is 6.42 Å². The molecule has 60 valence electrons. The van der Waals surface area contributed by atoms with Crippen LogP contribution in [0.1, 0.15) is 6.42 Å². The van der Waals surface area contributed by atoms with Crippen LogP contribution in [0.3, 0.4) is 0 Å². The summed E-state index contributed by atoms with van der Waals surface area (Å²) < 4.78 is 0. The predicted molar refractivity (Wildman–Crippen MR) is 41.7 cm³/mol. The van der Waals surface area contributed by atoms with Crippen molar-refractivity contribution < 1.29 is 9.50 Å². The Bertz CT molecular complexity index is 228. The molecule has 0 aromatic heterocycles. The minimum Gasteiger partial charge on any atom is -0.315 e. The largest absolute Gasteiger partial charge is 0.315 e. The minimum absolute atomic E-state index is 0. The summed E-state index contributed by atoms with van der Waals surface area (Å²) in [5, 5.41) is 0. The predicted octanol–water partition coefficient (Wildman–Crippen LogP) is 1.23. The summed E-state index contributed by atoms with van der Waals surface area (Å²) >= 11 is 0. The van der Waals surface area contributed by atoms with Gasteiger partial charge in [0, 0.05) is 13.0 Å². The van der Waals surface area contributed by atoms with Crippen LogP contribution in [-0.2, 0) is 4.79 Å². The third kappa shape index (κ3) is 1.57. The van der Waals surface area contributed by atoms with Crippen LogP contribution in [0.4, 0.5) is 4.70 Å². The fourth-order valence-electron chi connectivity index (χ4n) is 0.952. The molecule has 1 rings (SSSR count). The van der Waals surface area contributed by atoms with Gasteiger partial charge in [-0.15, -0.1) is 5.73 Å². The van der Waals surface area contributed by atoms with Crippen molar-refractivity contribution in [3.63, 3.8) is 0 Å². The Morgan fingerprint density at radius 3 is 2.55 bits per heavy atom. The molecule has 0 atom stereocenters. The highest BCUT2D eigenvalue weighted by atomic mass is 19.0. The van der Waals surface area contributed by atoms with E-state index in [1.165, 1.54) is 6.20 Å². The number of halogens is 1. The number of likely N-dealkylation sites (tertiary alicyclic amines) is 1. The number of hydrogen-bond acceptors (Lipinski definition) is 1. The Labute approximate surface area is 64.9 Å². The summed E-state index contributed by atoms with van der Waals surface area (Å²) in [6.07, 6.45) is 2.28. The molecule has 1 aliphatic rings. The molecule has 1 fully saturated rings. The lowest BCUT2D eigenvalue weighted by Crippen LogP contribution is -2.17. The third-order valence-electron chi connectivity index (χ3n) is 1.56. The zero-order valence-electron chi connectivity index (χ0n) is 6.17. The van der Waals surface area contributed by atoms with Crippen LogP contribution in [0.2, 0.25) is 0 Å². The van der Waals surface area contributed by atoms with E-state index in [1.54, 1.807) is 4.90 Å². The monoisotopic (exact) mass is 155 g/mol. The molecule has 0 radical (unpaired) electrons. The zero-order valence-corrected chi connectivity index (χ0v) is 6.17. The first-order valence-corrected chi connectivity index (χ1v) is 3.12. The normalized spacial score (nSPS) is 15.8. The fourth-order valence-corrected chi connectivity index (χ4v) is 0.952. The van der Waals surface area contributed by atoms with E-state index in [4.69, 9.17) is 0 Å². The molecule has 1 saturated heterocycles. The first-order valence-electron chi connectivity index (χ1n) is 3.12. The van der Waals surface area contributed by atoms with Crippen molar-refractivity contribution in [1.29, 1.82) is 0 Å². The van der Waals surface area contributed by atoms with Crippen molar-refractivity contribution in [2.24, 2.45) is 0 Å². The molecule has 0 N–H and O–H groups in total. The SMILES string of the molecule is C=C=C1CCN(C=C)C1=O.F. The summed E-state index contributed by atoms with van der Waals surface area (Å²) in [5.41, 5.74) is 3.27. The quantitative estimate of drug-likeness (QED) is 0.412. The second-order valence-electron chi connectivity index (χ2n) is 2.09. The number of hydrogen-bond donors (Lipinski definition) is 0. The average molecular weight is 155 g/mol. The maximum absolute atomic E-state index is 11.1. The molecule has 3 heteroatoms. The molecule has 11 heavy (non-hydrogen) atoms. The lowest BCUT2D eigenvalue weighted by molar-refractivity contribution is -0.122. The van der Waals surface area contributed by atoms with Crippen LogP contribution in [0.25, 0.3) is 0 Å². The highest BCUT2D eigenvalue weighted by Crippen LogP contribution is 2.14. The van der Waals surface area contributed by atoms with E-state index in [0.717, 1.165) is 13.0 Å². The molecule has 2 nitrogen and oxygen atoms in total. The molecule has 1 aliphatic heterocycles. The number of nitrogens with zero attached hydrogens (tertiary/aromatic N) is 1. The third-order valence-corrected chi connectivity index (χ3v) is 1.56. The van der Waals surface area contributed by atoms with Gasteiger partial charge in [0.05, 0.1) is 5.57 Å². The van der Waals surface area contributed by atoms with E-state index < -0.39 is 0 Å². The molecular weight excluding hydrogens is 145 g/mol. The van der Waals surface area contributed by atoms with Gasteiger partial charge in [-0.3, -0.25) is 9.50 Å². The molecule has 0 spiro atoms. The Hall–Kier alpha value is -1.34. The zero-order chi connectivity index (χ0) is 7.56. The molecule has 0 aromatic rings. The van der Waals surface area contributed by atoms with Gasteiger partial charge in [-0.1, -0.05) is 13.2 Å². The van der Waals surface area contributed by atoms with Gasteiger partial charge in [-0.05, 0) is 6.20 Å². The maximum Gasteiger partial charge on any atom is 0.261 e. The molecule has 0 aromatic carbocycles. The number of amides is 1. The second kappa shape index (κ2) is 3.74. The van der Waals surface area contributed by atoms with Crippen molar-refractivity contribution in [2.75, 3.05) is 6.54 Å². The van der Waals surface area contributed by atoms with Gasteiger partial charge >= 0.3 is 0 Å². The van der Waals surface area contributed by atoms with E-state index in [-0.39, 0.29) is 10.6 Å². The highest BCUT2D eigenvalue weighted by Gasteiger charge is 2.22. The van der Waals surface area contributed by atoms with Crippen molar-refractivity contribution in [3.05, 3.63) is 30.7 Å². The minimum atomic E-state index is -0.00926. The van der Waals surface area contributed by atoms with Crippen molar-refractivity contribution in [1.82, 2.24) is 4.90 Å². The summed E-state index contributed by atoms with van der Waals surface area (Å²) in [5.74, 6) is -0.00926. The molecule has 0 bridgehead atoms. The van der Waals surface area contributed by atoms with E-state index in [2.05, 4.69) is 18.9 Å². The van der Waals surface area contributed by atoms with Crippen LogP contribution in [0.15, 0.2) is 30.7 Å². The van der Waals surface area contributed by atoms with Crippen LogP contribution in [-0.4, -0.2) is 17.4 Å². The Morgan fingerprint density at radius 1 is 1.64 bits per heavy atom. The van der Waals surface area contributed by atoms with Crippen LogP contribution in [0, 0.1) is 0 Å². The number of rotatable bonds is 1. The Kier molecular flexibility index (Phi) is 3.28. The standard InChI is InChI=1S/C8H9NO.FH/c1-3-7-5-6-9(4-2)8(7)10;/h4H,1-2,5-6H2;1H. The smallest absolute Gasteiger partial charge is 0.261 e. The first-order chi connectivity index (χ1) is 4.79. The van der Waals surface area contributed by atoms with E-state index in [0.29, 0.717) is 5.57 Å². The summed E-state index contributed by atoms with van der Waals surface area (Å²) in [6, 6.07) is 0. The van der Waals surface area contributed by atoms with Crippen LogP contribution in [0.5, 0.6) is 0 Å². The summed E-state index contributed by atoms with van der Waals surface area (Å²) in [7, 11) is 0. The van der Waals surface area contributed by atoms with E-state index >= 15 is 0 Å². The summed E-state index contributed by atoms with van der Waals surface area (Å²) in [4.78, 5) is 12.6. The Balaban J connectivity index is 0.000001000. The van der Waals surface area contributed by atoms with Crippen molar-refractivity contribution >= 4 is 5.91 Å². The van der Waals surface area contributed by atoms with Gasteiger partial charge in [0.2, 0.25) is 0 Å². The lowest BCUT2D eigenvalue weighted by Gasteiger charge is -2.05. The van der Waals surface area contributed by atoms with Crippen molar-refractivity contribution in [3.8, 4) is 0 Å². The molecule has 1 heterocycles. The number of carbonyl (C=O) groups excluding carboxylic acids is 1. The highest BCUT2D eigenvalue weighted by molar-refractivity contribution is 5.95. The molecular formula is C8H10FNO. The van der Waals surface area contributed by atoms with Crippen LogP contribution >= 0.6 is 0 Å². The molecule has 0 saturated carbocycles. The van der Waals surface area contributed by atoms with Gasteiger partial charge in [0.25, 0.3) is 5.91 Å². The number of carbonyl (C=O) groups is 1. The van der Waals surface area contributed by atoms with Crippen LogP contribution < -0.4 is 0 Å². The topological polar surface area (TPSA) is 20.3 Å². The average Bonchev–Trinajstić information content (AvgIpc) is 2.30.